The average Bonchev–Trinajstić information content (AvgIpc) is 2.68. The van der Waals surface area contributed by atoms with E-state index in [0.29, 0.717) is 5.60 Å². The van der Waals surface area contributed by atoms with Gasteiger partial charge in [-0.2, -0.15) is 0 Å². The van der Waals surface area contributed by atoms with Gasteiger partial charge in [-0.3, -0.25) is 0 Å². The van der Waals surface area contributed by atoms with Crippen molar-refractivity contribution in [1.82, 2.24) is 5.32 Å². The van der Waals surface area contributed by atoms with Crippen molar-refractivity contribution in [2.75, 3.05) is 19.7 Å². The first-order valence-corrected chi connectivity index (χ1v) is 6.23. The molecule has 2 heterocycles. The van der Waals surface area contributed by atoms with Crippen molar-refractivity contribution in [1.29, 1.82) is 0 Å². The molecule has 0 amide bonds. The molecule has 0 aromatic rings. The summed E-state index contributed by atoms with van der Waals surface area (Å²) in [4.78, 5) is 0. The van der Waals surface area contributed by atoms with E-state index in [1.54, 1.807) is 0 Å². The van der Waals surface area contributed by atoms with E-state index in [-0.39, 0.29) is 0 Å². The van der Waals surface area contributed by atoms with Crippen LogP contribution in [0.1, 0.15) is 38.5 Å². The predicted molar refractivity (Wildman–Crippen MR) is 56.2 cm³/mol. The molecule has 0 aromatic carbocycles. The van der Waals surface area contributed by atoms with Crippen LogP contribution in [0.5, 0.6) is 0 Å². The van der Waals surface area contributed by atoms with Crippen LogP contribution in [0.3, 0.4) is 0 Å². The zero-order chi connectivity index (χ0) is 9.43. The van der Waals surface area contributed by atoms with Gasteiger partial charge < -0.3 is 10.1 Å². The third-order valence-corrected chi connectivity index (χ3v) is 4.56. The van der Waals surface area contributed by atoms with Gasteiger partial charge in [-0.1, -0.05) is 0 Å². The Kier molecular flexibility index (Phi) is 2.29. The lowest BCUT2D eigenvalue weighted by Gasteiger charge is -2.48. The minimum absolute atomic E-state index is 0.353. The minimum Gasteiger partial charge on any atom is -0.375 e. The highest BCUT2D eigenvalue weighted by atomic mass is 16.5. The van der Waals surface area contributed by atoms with Crippen molar-refractivity contribution < 1.29 is 4.74 Å². The Bertz CT molecular complexity index is 206. The Morgan fingerprint density at radius 3 is 2.71 bits per heavy atom. The average molecular weight is 195 g/mol. The Balaban J connectivity index is 1.63. The molecular weight excluding hydrogens is 174 g/mol. The van der Waals surface area contributed by atoms with E-state index in [0.717, 1.165) is 18.4 Å². The van der Waals surface area contributed by atoms with Gasteiger partial charge >= 0.3 is 0 Å². The zero-order valence-corrected chi connectivity index (χ0v) is 8.93. The number of hydrogen-bond acceptors (Lipinski definition) is 2. The fraction of sp³-hybridized carbons (Fsp3) is 1.00. The standard InChI is InChI=1S/C12H21NO/c1-4-12(5-1)8-10(3-7-14-12)11-2-6-13-9-11/h10-11,13H,1-9H2. The molecule has 1 aliphatic carbocycles. The summed E-state index contributed by atoms with van der Waals surface area (Å²) in [5.74, 6) is 1.91. The highest BCUT2D eigenvalue weighted by molar-refractivity contribution is 4.96. The summed E-state index contributed by atoms with van der Waals surface area (Å²) in [6.07, 6.45) is 8.15. The molecule has 2 unspecified atom stereocenters. The molecule has 1 N–H and O–H groups in total. The molecule has 2 atom stereocenters. The summed E-state index contributed by atoms with van der Waals surface area (Å²) >= 11 is 0. The maximum atomic E-state index is 5.97. The second-order valence-corrected chi connectivity index (χ2v) is 5.39. The van der Waals surface area contributed by atoms with Gasteiger partial charge in [0, 0.05) is 6.61 Å². The van der Waals surface area contributed by atoms with Crippen LogP contribution in [0.2, 0.25) is 0 Å². The molecule has 0 radical (unpaired) electrons. The van der Waals surface area contributed by atoms with E-state index in [9.17, 15) is 0 Å². The van der Waals surface area contributed by atoms with E-state index < -0.39 is 0 Å². The van der Waals surface area contributed by atoms with Gasteiger partial charge in [0.2, 0.25) is 0 Å². The van der Waals surface area contributed by atoms with Crippen molar-refractivity contribution >= 4 is 0 Å². The predicted octanol–water partition coefficient (Wildman–Crippen LogP) is 1.95. The summed E-state index contributed by atoms with van der Waals surface area (Å²) in [7, 11) is 0. The molecular formula is C12H21NO. The van der Waals surface area contributed by atoms with Gasteiger partial charge in [-0.05, 0) is 63.5 Å². The van der Waals surface area contributed by atoms with Crippen LogP contribution in [0.4, 0.5) is 0 Å². The molecule has 14 heavy (non-hydrogen) atoms. The van der Waals surface area contributed by atoms with Gasteiger partial charge in [-0.25, -0.2) is 0 Å². The van der Waals surface area contributed by atoms with Crippen LogP contribution in [-0.4, -0.2) is 25.3 Å². The van der Waals surface area contributed by atoms with Crippen LogP contribution >= 0.6 is 0 Å². The molecule has 2 nitrogen and oxygen atoms in total. The van der Waals surface area contributed by atoms with Crippen molar-refractivity contribution in [3.05, 3.63) is 0 Å². The molecule has 0 aromatic heterocycles. The molecule has 3 aliphatic rings. The van der Waals surface area contributed by atoms with Crippen LogP contribution in [0.25, 0.3) is 0 Å². The first kappa shape index (κ1) is 9.17. The lowest BCUT2D eigenvalue weighted by molar-refractivity contribution is -0.149. The summed E-state index contributed by atoms with van der Waals surface area (Å²) in [5, 5.41) is 3.49. The van der Waals surface area contributed by atoms with Gasteiger partial charge in [0.25, 0.3) is 0 Å². The second kappa shape index (κ2) is 3.49. The first-order chi connectivity index (χ1) is 6.88. The highest BCUT2D eigenvalue weighted by Crippen LogP contribution is 2.46. The number of hydrogen-bond donors (Lipinski definition) is 1. The normalized spacial score (nSPS) is 41.1. The highest BCUT2D eigenvalue weighted by Gasteiger charge is 2.44. The zero-order valence-electron chi connectivity index (χ0n) is 8.93. The molecule has 2 aliphatic heterocycles. The second-order valence-electron chi connectivity index (χ2n) is 5.39. The van der Waals surface area contributed by atoms with E-state index in [4.69, 9.17) is 4.74 Å². The SMILES string of the molecule is C1CC2(C1)CC(C1CCNC1)CCO2. The van der Waals surface area contributed by atoms with E-state index in [2.05, 4.69) is 5.32 Å². The van der Waals surface area contributed by atoms with E-state index in [1.807, 2.05) is 0 Å². The largest absolute Gasteiger partial charge is 0.375 e. The van der Waals surface area contributed by atoms with Crippen LogP contribution < -0.4 is 5.32 Å². The van der Waals surface area contributed by atoms with Gasteiger partial charge in [0.1, 0.15) is 0 Å². The van der Waals surface area contributed by atoms with Gasteiger partial charge in [0.05, 0.1) is 5.60 Å². The Hall–Kier alpha value is -0.0800. The Labute approximate surface area is 86.4 Å². The van der Waals surface area contributed by atoms with Crippen molar-refractivity contribution in [2.45, 2.75) is 44.1 Å². The minimum atomic E-state index is 0.353. The Morgan fingerprint density at radius 1 is 1.14 bits per heavy atom. The molecule has 3 fully saturated rings. The molecule has 2 heteroatoms. The molecule has 3 rings (SSSR count). The van der Waals surface area contributed by atoms with Gasteiger partial charge in [0.15, 0.2) is 0 Å². The van der Waals surface area contributed by atoms with Crippen LogP contribution in [0, 0.1) is 11.8 Å². The Morgan fingerprint density at radius 2 is 2.07 bits per heavy atom. The molecule has 1 spiro atoms. The van der Waals surface area contributed by atoms with Crippen molar-refractivity contribution in [3.8, 4) is 0 Å². The molecule has 2 saturated heterocycles. The molecule has 0 bridgehead atoms. The van der Waals surface area contributed by atoms with E-state index >= 15 is 0 Å². The fourth-order valence-electron chi connectivity index (χ4n) is 3.47. The summed E-state index contributed by atoms with van der Waals surface area (Å²) < 4.78 is 5.97. The van der Waals surface area contributed by atoms with Crippen molar-refractivity contribution in [2.24, 2.45) is 11.8 Å². The number of rotatable bonds is 1. The smallest absolute Gasteiger partial charge is 0.0685 e. The molecule has 80 valence electrons. The lowest BCUT2D eigenvalue weighted by Crippen LogP contribution is -2.47. The number of nitrogens with one attached hydrogen (secondary N) is 1. The molecule has 1 saturated carbocycles. The first-order valence-electron chi connectivity index (χ1n) is 6.23. The summed E-state index contributed by atoms with van der Waals surface area (Å²) in [6, 6.07) is 0. The van der Waals surface area contributed by atoms with Crippen LogP contribution in [-0.2, 0) is 4.74 Å². The number of ether oxygens (including phenoxy) is 1. The fourth-order valence-corrected chi connectivity index (χ4v) is 3.47. The third kappa shape index (κ3) is 1.49. The quantitative estimate of drug-likeness (QED) is 0.690. The summed E-state index contributed by atoms with van der Waals surface area (Å²) in [5.41, 5.74) is 0.353. The third-order valence-electron chi connectivity index (χ3n) is 4.56. The maximum Gasteiger partial charge on any atom is 0.0685 e. The topological polar surface area (TPSA) is 21.3 Å². The monoisotopic (exact) mass is 195 g/mol. The van der Waals surface area contributed by atoms with E-state index in [1.165, 1.54) is 51.6 Å². The lowest BCUT2D eigenvalue weighted by atomic mass is 9.69. The van der Waals surface area contributed by atoms with Gasteiger partial charge in [-0.15, -0.1) is 0 Å². The van der Waals surface area contributed by atoms with Crippen LogP contribution in [0.15, 0.2) is 0 Å². The van der Waals surface area contributed by atoms with Crippen molar-refractivity contribution in [3.63, 3.8) is 0 Å². The maximum absolute atomic E-state index is 5.97. The summed E-state index contributed by atoms with van der Waals surface area (Å²) in [6.45, 7) is 3.54.